The van der Waals surface area contributed by atoms with Crippen LogP contribution in [0.25, 0.3) is 5.65 Å². The molecule has 0 spiro atoms. The number of benzene rings is 1. The first-order valence-corrected chi connectivity index (χ1v) is 7.37. The Kier molecular flexibility index (Phi) is 3.06. The van der Waals surface area contributed by atoms with Gasteiger partial charge in [-0.1, -0.05) is 0 Å². The van der Waals surface area contributed by atoms with Crippen molar-refractivity contribution in [3.8, 4) is 0 Å². The first-order valence-electron chi connectivity index (χ1n) is 7.37. The molecule has 0 radical (unpaired) electrons. The summed E-state index contributed by atoms with van der Waals surface area (Å²) in [5.41, 5.74) is 2.30. The molecule has 0 saturated carbocycles. The standard InChI is InChI=1S/C17H15F2N3/c18-12-3-5-15(19)14(10-12)16-2-1-8-22(16)13-4-6-17-20-7-9-21(17)11-13/h3-7,9-11,16H,1-2,8H2. The minimum Gasteiger partial charge on any atom is -0.363 e. The van der Waals surface area contributed by atoms with Crippen molar-refractivity contribution in [2.75, 3.05) is 11.4 Å². The van der Waals surface area contributed by atoms with Crippen LogP contribution in [0.1, 0.15) is 24.4 Å². The van der Waals surface area contributed by atoms with Crippen LogP contribution < -0.4 is 4.90 Å². The summed E-state index contributed by atoms with van der Waals surface area (Å²) < 4.78 is 29.5. The van der Waals surface area contributed by atoms with Gasteiger partial charge in [-0.05, 0) is 43.2 Å². The van der Waals surface area contributed by atoms with E-state index in [1.165, 1.54) is 12.1 Å². The fourth-order valence-corrected chi connectivity index (χ4v) is 3.25. The number of fused-ring (bicyclic) bond motifs is 1. The monoisotopic (exact) mass is 299 g/mol. The van der Waals surface area contributed by atoms with Gasteiger partial charge in [-0.2, -0.15) is 0 Å². The summed E-state index contributed by atoms with van der Waals surface area (Å²) >= 11 is 0. The highest BCUT2D eigenvalue weighted by molar-refractivity contribution is 5.54. The van der Waals surface area contributed by atoms with Gasteiger partial charge in [-0.15, -0.1) is 0 Å². The number of aromatic nitrogens is 2. The average Bonchev–Trinajstić information content (AvgIpc) is 3.17. The van der Waals surface area contributed by atoms with Crippen molar-refractivity contribution in [2.45, 2.75) is 18.9 Å². The molecule has 1 atom stereocenters. The maximum absolute atomic E-state index is 14.1. The van der Waals surface area contributed by atoms with Crippen LogP contribution in [-0.4, -0.2) is 15.9 Å². The molecule has 0 bridgehead atoms. The molecule has 22 heavy (non-hydrogen) atoms. The molecule has 1 fully saturated rings. The predicted molar refractivity (Wildman–Crippen MR) is 80.9 cm³/mol. The molecule has 112 valence electrons. The Morgan fingerprint density at radius 2 is 2.05 bits per heavy atom. The van der Waals surface area contributed by atoms with E-state index in [0.29, 0.717) is 5.56 Å². The molecule has 1 aliphatic rings. The van der Waals surface area contributed by atoms with Gasteiger partial charge >= 0.3 is 0 Å². The molecule has 1 unspecified atom stereocenters. The number of hydrogen-bond acceptors (Lipinski definition) is 2. The minimum atomic E-state index is -0.395. The molecule has 0 N–H and O–H groups in total. The lowest BCUT2D eigenvalue weighted by molar-refractivity contribution is 0.561. The molecule has 1 saturated heterocycles. The Balaban J connectivity index is 1.75. The summed E-state index contributed by atoms with van der Waals surface area (Å²) in [6.07, 6.45) is 7.39. The van der Waals surface area contributed by atoms with Gasteiger partial charge in [0.2, 0.25) is 0 Å². The molecule has 0 aliphatic carbocycles. The lowest BCUT2D eigenvalue weighted by atomic mass is 10.0. The summed E-state index contributed by atoms with van der Waals surface area (Å²) in [7, 11) is 0. The number of hydrogen-bond donors (Lipinski definition) is 0. The van der Waals surface area contributed by atoms with Crippen molar-refractivity contribution >= 4 is 11.3 Å². The van der Waals surface area contributed by atoms with Crippen LogP contribution in [0.3, 0.4) is 0 Å². The van der Waals surface area contributed by atoms with Gasteiger partial charge in [0, 0.05) is 30.7 Å². The second-order valence-electron chi connectivity index (χ2n) is 5.60. The summed E-state index contributed by atoms with van der Waals surface area (Å²) in [5.74, 6) is -0.740. The van der Waals surface area contributed by atoms with Crippen LogP contribution in [0.5, 0.6) is 0 Å². The number of pyridine rings is 1. The molecule has 2 aromatic heterocycles. The molecule has 0 amide bonds. The van der Waals surface area contributed by atoms with E-state index in [0.717, 1.165) is 36.8 Å². The molecular weight excluding hydrogens is 284 g/mol. The highest BCUT2D eigenvalue weighted by atomic mass is 19.1. The largest absolute Gasteiger partial charge is 0.363 e. The Morgan fingerprint density at radius 3 is 2.95 bits per heavy atom. The zero-order valence-corrected chi connectivity index (χ0v) is 11.9. The number of nitrogens with zero attached hydrogens (tertiary/aromatic N) is 3. The van der Waals surface area contributed by atoms with Crippen LogP contribution in [0.15, 0.2) is 48.9 Å². The Labute approximate surface area is 126 Å². The maximum atomic E-state index is 14.1. The molecule has 4 rings (SSSR count). The normalized spacial score (nSPS) is 18.3. The van der Waals surface area contributed by atoms with Crippen molar-refractivity contribution in [3.05, 3.63) is 66.1 Å². The van der Waals surface area contributed by atoms with Crippen LogP contribution in [0.2, 0.25) is 0 Å². The molecule has 5 heteroatoms. The van der Waals surface area contributed by atoms with Gasteiger partial charge in [0.25, 0.3) is 0 Å². The second-order valence-corrected chi connectivity index (χ2v) is 5.60. The number of rotatable bonds is 2. The third kappa shape index (κ3) is 2.13. The first-order chi connectivity index (χ1) is 10.7. The molecular formula is C17H15F2N3. The van der Waals surface area contributed by atoms with Crippen molar-refractivity contribution in [2.24, 2.45) is 0 Å². The van der Waals surface area contributed by atoms with Gasteiger partial charge in [-0.3, -0.25) is 0 Å². The summed E-state index contributed by atoms with van der Waals surface area (Å²) in [6.45, 7) is 0.834. The van der Waals surface area contributed by atoms with E-state index in [4.69, 9.17) is 0 Å². The maximum Gasteiger partial charge on any atom is 0.136 e. The summed E-state index contributed by atoms with van der Waals surface area (Å²) in [4.78, 5) is 6.36. The van der Waals surface area contributed by atoms with Crippen molar-refractivity contribution in [3.63, 3.8) is 0 Å². The van der Waals surface area contributed by atoms with Crippen LogP contribution in [0, 0.1) is 11.6 Å². The van der Waals surface area contributed by atoms with Crippen molar-refractivity contribution in [1.82, 2.24) is 9.38 Å². The van der Waals surface area contributed by atoms with E-state index in [9.17, 15) is 8.78 Å². The molecule has 3 nitrogen and oxygen atoms in total. The van der Waals surface area contributed by atoms with E-state index in [2.05, 4.69) is 9.88 Å². The lowest BCUT2D eigenvalue weighted by Gasteiger charge is -2.27. The van der Waals surface area contributed by atoms with Gasteiger partial charge < -0.3 is 9.30 Å². The smallest absolute Gasteiger partial charge is 0.136 e. The second kappa shape index (κ2) is 5.09. The zero-order valence-electron chi connectivity index (χ0n) is 11.9. The third-order valence-electron chi connectivity index (χ3n) is 4.27. The predicted octanol–water partition coefficient (Wildman–Crippen LogP) is 3.95. The highest BCUT2D eigenvalue weighted by Gasteiger charge is 2.29. The summed E-state index contributed by atoms with van der Waals surface area (Å²) in [5, 5.41) is 0. The Bertz CT molecular complexity index is 828. The van der Waals surface area contributed by atoms with E-state index in [-0.39, 0.29) is 11.9 Å². The fraction of sp³-hybridized carbons (Fsp3) is 0.235. The van der Waals surface area contributed by atoms with Gasteiger partial charge in [0.1, 0.15) is 17.3 Å². The molecule has 3 aromatic rings. The van der Waals surface area contributed by atoms with Crippen molar-refractivity contribution in [1.29, 1.82) is 0 Å². The number of halogens is 2. The number of imidazole rings is 1. The average molecular weight is 299 g/mol. The first kappa shape index (κ1) is 13.2. The van der Waals surface area contributed by atoms with E-state index >= 15 is 0 Å². The quantitative estimate of drug-likeness (QED) is 0.714. The van der Waals surface area contributed by atoms with Gasteiger partial charge in [0.15, 0.2) is 0 Å². The lowest BCUT2D eigenvalue weighted by Crippen LogP contribution is -2.23. The molecule has 1 aliphatic heterocycles. The van der Waals surface area contributed by atoms with Gasteiger partial charge in [-0.25, -0.2) is 13.8 Å². The highest BCUT2D eigenvalue weighted by Crippen LogP contribution is 2.37. The van der Waals surface area contributed by atoms with Crippen LogP contribution in [-0.2, 0) is 0 Å². The van der Waals surface area contributed by atoms with E-state index in [1.807, 2.05) is 28.9 Å². The summed E-state index contributed by atoms with van der Waals surface area (Å²) in [6, 6.07) is 7.48. The molecule has 3 heterocycles. The topological polar surface area (TPSA) is 20.5 Å². The number of anilines is 1. The van der Waals surface area contributed by atoms with E-state index in [1.54, 1.807) is 6.20 Å². The van der Waals surface area contributed by atoms with Gasteiger partial charge in [0.05, 0.1) is 11.7 Å². The Morgan fingerprint density at radius 1 is 1.14 bits per heavy atom. The van der Waals surface area contributed by atoms with Crippen LogP contribution in [0.4, 0.5) is 14.5 Å². The SMILES string of the molecule is Fc1ccc(F)c(C2CCCN2c2ccc3nccn3c2)c1. The third-order valence-corrected chi connectivity index (χ3v) is 4.27. The Hall–Kier alpha value is -2.43. The van der Waals surface area contributed by atoms with E-state index < -0.39 is 5.82 Å². The molecule has 1 aromatic carbocycles. The minimum absolute atomic E-state index is 0.128. The fourth-order valence-electron chi connectivity index (χ4n) is 3.25. The zero-order chi connectivity index (χ0) is 15.1. The van der Waals surface area contributed by atoms with Crippen molar-refractivity contribution < 1.29 is 8.78 Å². The van der Waals surface area contributed by atoms with Crippen LogP contribution >= 0.6 is 0 Å².